The van der Waals surface area contributed by atoms with Crippen LogP contribution in [0.4, 0.5) is 5.95 Å². The maximum Gasteiger partial charge on any atom is 0.262 e. The number of hydrogen-bond donors (Lipinski definition) is 2. The number of nitrogens with one attached hydrogen (secondary N) is 2. The van der Waals surface area contributed by atoms with Gasteiger partial charge in [0.05, 0.1) is 24.1 Å². The van der Waals surface area contributed by atoms with Crippen LogP contribution in [0.15, 0.2) is 53.3 Å². The molecule has 3 rings (SSSR count). The molecule has 0 aliphatic rings. The molecule has 0 fully saturated rings. The molecule has 32 heavy (non-hydrogen) atoms. The van der Waals surface area contributed by atoms with Gasteiger partial charge in [0.15, 0.2) is 11.5 Å². The van der Waals surface area contributed by atoms with Crippen molar-refractivity contribution < 1.29 is 14.3 Å². The van der Waals surface area contributed by atoms with Crippen molar-refractivity contribution in [2.24, 2.45) is 0 Å². The van der Waals surface area contributed by atoms with Gasteiger partial charge in [0.2, 0.25) is 5.95 Å². The van der Waals surface area contributed by atoms with Crippen LogP contribution in [0.25, 0.3) is 17.0 Å². The zero-order chi connectivity index (χ0) is 22.9. The van der Waals surface area contributed by atoms with Crippen LogP contribution >= 0.6 is 0 Å². The van der Waals surface area contributed by atoms with Crippen LogP contribution in [0.2, 0.25) is 0 Å². The largest absolute Gasteiger partial charge is 0.490 e. The molecule has 0 spiro atoms. The molecule has 168 valence electrons. The predicted molar refractivity (Wildman–Crippen MR) is 126 cm³/mol. The van der Waals surface area contributed by atoms with E-state index >= 15 is 0 Å². The van der Waals surface area contributed by atoms with Crippen molar-refractivity contribution in [3.63, 3.8) is 0 Å². The molecule has 8 heteroatoms. The zero-order valence-electron chi connectivity index (χ0n) is 18.6. The van der Waals surface area contributed by atoms with Crippen molar-refractivity contribution in [1.82, 2.24) is 15.0 Å². The van der Waals surface area contributed by atoms with E-state index in [0.29, 0.717) is 42.2 Å². The Morgan fingerprint density at radius 3 is 2.66 bits per heavy atom. The quantitative estimate of drug-likeness (QED) is 0.371. The Balaban J connectivity index is 1.71. The van der Waals surface area contributed by atoms with Crippen LogP contribution in [0.1, 0.15) is 32.8 Å². The van der Waals surface area contributed by atoms with E-state index in [1.165, 1.54) is 10.6 Å². The van der Waals surface area contributed by atoms with Crippen LogP contribution in [0.5, 0.6) is 11.5 Å². The van der Waals surface area contributed by atoms with E-state index < -0.39 is 0 Å². The molecule has 0 bridgehead atoms. The minimum atomic E-state index is -0.390. The second-order valence-corrected chi connectivity index (χ2v) is 6.94. The third-order valence-electron chi connectivity index (χ3n) is 4.63. The summed E-state index contributed by atoms with van der Waals surface area (Å²) in [6, 6.07) is 12.6. The maximum absolute atomic E-state index is 12.6. The number of nitrogens with zero attached hydrogens (tertiary/aromatic N) is 2. The van der Waals surface area contributed by atoms with E-state index in [9.17, 15) is 9.59 Å². The summed E-state index contributed by atoms with van der Waals surface area (Å²) in [6.45, 7) is 7.32. The lowest BCUT2D eigenvalue weighted by atomic mass is 10.2. The van der Waals surface area contributed by atoms with Crippen molar-refractivity contribution in [3.05, 3.63) is 64.5 Å². The van der Waals surface area contributed by atoms with Gasteiger partial charge >= 0.3 is 0 Å². The molecule has 0 radical (unpaired) electrons. The fourth-order valence-corrected chi connectivity index (χ4v) is 3.12. The molecule has 2 aromatic carbocycles. The first-order valence-corrected chi connectivity index (χ1v) is 10.7. The van der Waals surface area contributed by atoms with Gasteiger partial charge in [0.25, 0.3) is 11.5 Å². The summed E-state index contributed by atoms with van der Waals surface area (Å²) < 4.78 is 12.8. The van der Waals surface area contributed by atoms with Gasteiger partial charge in [-0.15, -0.1) is 0 Å². The number of hydrogen-bond acceptors (Lipinski definition) is 6. The highest BCUT2D eigenvalue weighted by Crippen LogP contribution is 2.29. The fourth-order valence-electron chi connectivity index (χ4n) is 3.12. The Morgan fingerprint density at radius 2 is 1.91 bits per heavy atom. The number of rotatable bonds is 10. The summed E-state index contributed by atoms with van der Waals surface area (Å²) >= 11 is 0. The van der Waals surface area contributed by atoms with E-state index in [0.717, 1.165) is 12.0 Å². The molecule has 1 amide bonds. The Morgan fingerprint density at radius 1 is 1.09 bits per heavy atom. The second kappa shape index (κ2) is 11.0. The van der Waals surface area contributed by atoms with Gasteiger partial charge in [-0.2, -0.15) is 0 Å². The normalized spacial score (nSPS) is 11.0. The van der Waals surface area contributed by atoms with Crippen LogP contribution in [0.3, 0.4) is 0 Å². The minimum Gasteiger partial charge on any atom is -0.490 e. The van der Waals surface area contributed by atoms with Gasteiger partial charge in [-0.3, -0.25) is 25.0 Å². The standard InChI is InChI=1S/C24H28N4O4/c1-4-15-32-20-13-11-17(16-21(20)31-6-3)12-14-22(29)26-27-24-25-19-10-8-7-9-18(19)23(30)28(24)5-2/h7-14,16H,4-6,15H2,1-3H3,(H,25,27)(H,26,29)/b14-12+. The maximum atomic E-state index is 12.6. The monoisotopic (exact) mass is 436 g/mol. The average Bonchev–Trinajstić information content (AvgIpc) is 2.81. The van der Waals surface area contributed by atoms with Crippen molar-refractivity contribution in [2.45, 2.75) is 33.7 Å². The molecule has 8 nitrogen and oxygen atoms in total. The highest BCUT2D eigenvalue weighted by molar-refractivity contribution is 5.92. The van der Waals surface area contributed by atoms with Crippen LogP contribution in [0, 0.1) is 0 Å². The molecule has 0 unspecified atom stereocenters. The Bertz CT molecular complexity index is 1170. The molecular weight excluding hydrogens is 408 g/mol. The summed E-state index contributed by atoms with van der Waals surface area (Å²) in [6.07, 6.45) is 3.96. The molecule has 3 aromatic rings. The second-order valence-electron chi connectivity index (χ2n) is 6.94. The third kappa shape index (κ3) is 5.46. The van der Waals surface area contributed by atoms with Crippen molar-refractivity contribution in [3.8, 4) is 11.5 Å². The molecule has 0 aliphatic heterocycles. The minimum absolute atomic E-state index is 0.167. The molecule has 1 heterocycles. The fraction of sp³-hybridized carbons (Fsp3) is 0.292. The SMILES string of the molecule is CCCOc1ccc(/C=C/C(=O)NNc2nc3ccccc3c(=O)n2CC)cc1OCC. The summed E-state index contributed by atoms with van der Waals surface area (Å²) in [5, 5.41) is 0.530. The Kier molecular flexibility index (Phi) is 7.85. The lowest BCUT2D eigenvalue weighted by Crippen LogP contribution is -2.33. The predicted octanol–water partition coefficient (Wildman–Crippen LogP) is 3.76. The van der Waals surface area contributed by atoms with Gasteiger partial charge in [-0.1, -0.05) is 25.1 Å². The average molecular weight is 437 g/mol. The number of carbonyl (C=O) groups is 1. The molecule has 0 saturated heterocycles. The summed E-state index contributed by atoms with van der Waals surface area (Å²) in [7, 11) is 0. The van der Waals surface area contributed by atoms with Crippen LogP contribution in [-0.2, 0) is 11.3 Å². The van der Waals surface area contributed by atoms with E-state index in [4.69, 9.17) is 9.47 Å². The number of amides is 1. The van der Waals surface area contributed by atoms with Gasteiger partial charge < -0.3 is 9.47 Å². The first-order valence-electron chi connectivity index (χ1n) is 10.7. The molecular formula is C24H28N4O4. The molecule has 0 aliphatic carbocycles. The molecule has 2 N–H and O–H groups in total. The topological polar surface area (TPSA) is 94.5 Å². The van der Waals surface area contributed by atoms with Gasteiger partial charge in [0.1, 0.15) is 0 Å². The number of benzene rings is 2. The number of fused-ring (bicyclic) bond motifs is 1. The molecule has 0 atom stereocenters. The van der Waals surface area contributed by atoms with Crippen LogP contribution < -0.4 is 25.9 Å². The number of ether oxygens (including phenoxy) is 2. The lowest BCUT2D eigenvalue weighted by Gasteiger charge is -2.13. The number of aromatic nitrogens is 2. The van der Waals surface area contributed by atoms with Gasteiger partial charge in [-0.05, 0) is 56.2 Å². The highest BCUT2D eigenvalue weighted by atomic mass is 16.5. The first-order chi connectivity index (χ1) is 15.6. The van der Waals surface area contributed by atoms with Gasteiger partial charge in [0, 0.05) is 12.6 Å². The number of hydrazine groups is 1. The van der Waals surface area contributed by atoms with Crippen molar-refractivity contribution in [2.75, 3.05) is 18.6 Å². The third-order valence-corrected chi connectivity index (χ3v) is 4.63. The zero-order valence-corrected chi connectivity index (χ0v) is 18.6. The smallest absolute Gasteiger partial charge is 0.262 e. The van der Waals surface area contributed by atoms with Crippen molar-refractivity contribution >= 4 is 28.8 Å². The van der Waals surface area contributed by atoms with Crippen LogP contribution in [-0.4, -0.2) is 28.7 Å². The highest BCUT2D eigenvalue weighted by Gasteiger charge is 2.10. The van der Waals surface area contributed by atoms with E-state index in [1.807, 2.05) is 45.0 Å². The Hall–Kier alpha value is -3.81. The molecule has 0 saturated carbocycles. The summed E-state index contributed by atoms with van der Waals surface area (Å²) in [5.74, 6) is 1.19. The number of para-hydroxylation sites is 1. The number of carbonyl (C=O) groups excluding carboxylic acids is 1. The Labute approximate surface area is 186 Å². The van der Waals surface area contributed by atoms with E-state index in [-0.39, 0.29) is 17.4 Å². The van der Waals surface area contributed by atoms with E-state index in [2.05, 4.69) is 15.8 Å². The summed E-state index contributed by atoms with van der Waals surface area (Å²) in [5.41, 5.74) is 6.50. The molecule has 1 aromatic heterocycles. The lowest BCUT2D eigenvalue weighted by molar-refractivity contribution is -0.116. The van der Waals surface area contributed by atoms with E-state index in [1.54, 1.807) is 24.3 Å². The first kappa shape index (κ1) is 22.9. The summed E-state index contributed by atoms with van der Waals surface area (Å²) in [4.78, 5) is 29.4. The number of anilines is 1. The van der Waals surface area contributed by atoms with Crippen molar-refractivity contribution in [1.29, 1.82) is 0 Å². The van der Waals surface area contributed by atoms with Gasteiger partial charge in [-0.25, -0.2) is 4.98 Å².